The van der Waals surface area contributed by atoms with E-state index in [4.69, 9.17) is 8.94 Å². The minimum absolute atomic E-state index is 0.00677. The second-order valence-electron chi connectivity index (χ2n) is 6.28. The summed E-state index contributed by atoms with van der Waals surface area (Å²) in [5, 5.41) is 7.39. The van der Waals surface area contributed by atoms with Crippen LogP contribution in [0.2, 0.25) is 0 Å². The van der Waals surface area contributed by atoms with Crippen molar-refractivity contribution in [2.75, 3.05) is 6.54 Å². The highest BCUT2D eigenvalue weighted by molar-refractivity contribution is 7.89. The molecule has 0 fully saturated rings. The third kappa shape index (κ3) is 4.20. The molecular formula is C18H21N3O5S. The molecule has 1 atom stereocenters. The Bertz CT molecular complexity index is 1020. The average molecular weight is 391 g/mol. The molecule has 1 amide bonds. The Kier molecular flexibility index (Phi) is 5.33. The van der Waals surface area contributed by atoms with Crippen molar-refractivity contribution >= 4 is 26.9 Å². The van der Waals surface area contributed by atoms with Gasteiger partial charge in [0.25, 0.3) is 0 Å². The summed E-state index contributed by atoms with van der Waals surface area (Å²) in [6.07, 6.45) is -0.00677. The maximum atomic E-state index is 12.3. The zero-order valence-electron chi connectivity index (χ0n) is 15.3. The predicted molar refractivity (Wildman–Crippen MR) is 98.6 cm³/mol. The summed E-state index contributed by atoms with van der Waals surface area (Å²) >= 11 is 0. The Morgan fingerprint density at radius 2 is 2.00 bits per heavy atom. The average Bonchev–Trinajstić information content (AvgIpc) is 3.18. The number of fused-ring (bicyclic) bond motifs is 1. The van der Waals surface area contributed by atoms with E-state index in [0.717, 1.165) is 11.0 Å². The van der Waals surface area contributed by atoms with Crippen LogP contribution in [0.15, 0.2) is 44.2 Å². The van der Waals surface area contributed by atoms with Gasteiger partial charge in [0, 0.05) is 18.4 Å². The number of nitrogens with zero attached hydrogens (tertiary/aromatic N) is 1. The first kappa shape index (κ1) is 19.1. The molecule has 0 bridgehead atoms. The van der Waals surface area contributed by atoms with Crippen molar-refractivity contribution in [2.45, 2.75) is 38.1 Å². The van der Waals surface area contributed by atoms with Gasteiger partial charge in [0.1, 0.15) is 21.9 Å². The number of amides is 1. The summed E-state index contributed by atoms with van der Waals surface area (Å²) in [6, 6.07) is 9.13. The Balaban J connectivity index is 1.55. The first-order chi connectivity index (χ1) is 12.8. The second kappa shape index (κ2) is 7.53. The van der Waals surface area contributed by atoms with Gasteiger partial charge in [-0.1, -0.05) is 23.4 Å². The van der Waals surface area contributed by atoms with E-state index in [1.54, 1.807) is 6.92 Å². The molecule has 0 aliphatic heterocycles. The molecule has 144 valence electrons. The smallest absolute Gasteiger partial charge is 0.245 e. The number of hydrogen-bond acceptors (Lipinski definition) is 6. The summed E-state index contributed by atoms with van der Waals surface area (Å²) in [5.41, 5.74) is 1.03. The molecular weight excluding hydrogens is 370 g/mol. The maximum absolute atomic E-state index is 12.3. The molecule has 27 heavy (non-hydrogen) atoms. The van der Waals surface area contributed by atoms with E-state index in [1.165, 1.54) is 6.92 Å². The van der Waals surface area contributed by atoms with Crippen molar-refractivity contribution in [3.05, 3.63) is 47.5 Å². The third-order valence-corrected chi connectivity index (χ3v) is 5.83. The van der Waals surface area contributed by atoms with Crippen LogP contribution in [0.5, 0.6) is 0 Å². The lowest BCUT2D eigenvalue weighted by molar-refractivity contribution is -0.121. The normalized spacial score (nSPS) is 13.0. The molecule has 0 aliphatic rings. The van der Waals surface area contributed by atoms with Gasteiger partial charge >= 0.3 is 0 Å². The van der Waals surface area contributed by atoms with Crippen LogP contribution in [0, 0.1) is 13.8 Å². The summed E-state index contributed by atoms with van der Waals surface area (Å²) in [6.45, 7) is 4.85. The molecule has 9 heteroatoms. The lowest BCUT2D eigenvalue weighted by Crippen LogP contribution is -2.32. The molecule has 2 N–H and O–H groups in total. The van der Waals surface area contributed by atoms with Crippen molar-refractivity contribution in [1.29, 1.82) is 0 Å². The maximum Gasteiger partial charge on any atom is 0.245 e. The number of para-hydroxylation sites is 1. The van der Waals surface area contributed by atoms with E-state index < -0.39 is 10.0 Å². The number of sulfonamides is 1. The minimum atomic E-state index is -3.78. The highest BCUT2D eigenvalue weighted by Gasteiger charge is 2.24. The van der Waals surface area contributed by atoms with Gasteiger partial charge < -0.3 is 14.3 Å². The highest BCUT2D eigenvalue weighted by Crippen LogP contribution is 2.23. The molecule has 1 aromatic carbocycles. The van der Waals surface area contributed by atoms with Gasteiger partial charge in [0.15, 0.2) is 5.76 Å². The Hall–Kier alpha value is -2.65. The molecule has 0 unspecified atom stereocenters. The van der Waals surface area contributed by atoms with Crippen molar-refractivity contribution in [3.63, 3.8) is 0 Å². The van der Waals surface area contributed by atoms with Crippen molar-refractivity contribution in [3.8, 4) is 0 Å². The Morgan fingerprint density at radius 1 is 1.26 bits per heavy atom. The molecule has 8 nitrogen and oxygen atoms in total. The standard InChI is InChI=1S/C18H21N3O5S/c1-11(16-10-14-6-4-5-7-15(14)25-16)20-17(22)8-9-19-27(23,24)18-12(2)21-26-13(18)3/h4-7,10-11,19H,8-9H2,1-3H3,(H,20,22)/t11-/m1/s1. The Morgan fingerprint density at radius 3 is 2.67 bits per heavy atom. The van der Waals surface area contributed by atoms with E-state index in [2.05, 4.69) is 15.2 Å². The number of furan rings is 1. The number of aromatic nitrogens is 1. The Labute approximate surface area is 157 Å². The zero-order valence-corrected chi connectivity index (χ0v) is 16.1. The van der Waals surface area contributed by atoms with Gasteiger partial charge in [0.2, 0.25) is 15.9 Å². The molecule has 2 heterocycles. The topological polar surface area (TPSA) is 114 Å². The quantitative estimate of drug-likeness (QED) is 0.640. The SMILES string of the molecule is Cc1noc(C)c1S(=O)(=O)NCCC(=O)N[C@H](C)c1cc2ccccc2o1. The summed E-state index contributed by atoms with van der Waals surface area (Å²) in [5.74, 6) is 0.563. The van der Waals surface area contributed by atoms with E-state index in [0.29, 0.717) is 5.76 Å². The largest absolute Gasteiger partial charge is 0.459 e. The van der Waals surface area contributed by atoms with E-state index in [9.17, 15) is 13.2 Å². The summed E-state index contributed by atoms with van der Waals surface area (Å²) < 4.78 is 37.6. The molecule has 0 aliphatic carbocycles. The van der Waals surface area contributed by atoms with Crippen LogP contribution in [-0.4, -0.2) is 26.0 Å². The van der Waals surface area contributed by atoms with Gasteiger partial charge in [-0.15, -0.1) is 0 Å². The van der Waals surface area contributed by atoms with Crippen LogP contribution in [0.25, 0.3) is 11.0 Å². The molecule has 0 saturated heterocycles. The van der Waals surface area contributed by atoms with E-state index in [-0.39, 0.29) is 41.3 Å². The molecule has 3 aromatic rings. The molecule has 2 aromatic heterocycles. The zero-order chi connectivity index (χ0) is 19.6. The van der Waals surface area contributed by atoms with Gasteiger partial charge in [-0.05, 0) is 32.9 Å². The first-order valence-electron chi connectivity index (χ1n) is 8.48. The molecule has 0 radical (unpaired) electrons. The highest BCUT2D eigenvalue weighted by atomic mass is 32.2. The monoisotopic (exact) mass is 391 g/mol. The lowest BCUT2D eigenvalue weighted by Gasteiger charge is -2.11. The van der Waals surface area contributed by atoms with Gasteiger partial charge in [-0.2, -0.15) is 0 Å². The van der Waals surface area contributed by atoms with Crippen molar-refractivity contribution in [1.82, 2.24) is 15.2 Å². The number of hydrogen-bond donors (Lipinski definition) is 2. The van der Waals surface area contributed by atoms with Crippen LogP contribution < -0.4 is 10.0 Å². The van der Waals surface area contributed by atoms with Crippen LogP contribution in [0.3, 0.4) is 0 Å². The van der Waals surface area contributed by atoms with E-state index in [1.807, 2.05) is 37.3 Å². The number of benzene rings is 1. The molecule has 0 saturated carbocycles. The lowest BCUT2D eigenvalue weighted by atomic mass is 10.2. The number of nitrogens with one attached hydrogen (secondary N) is 2. The second-order valence-corrected chi connectivity index (χ2v) is 7.98. The fourth-order valence-electron chi connectivity index (χ4n) is 2.83. The minimum Gasteiger partial charge on any atom is -0.459 e. The number of aryl methyl sites for hydroxylation is 2. The fourth-order valence-corrected chi connectivity index (χ4v) is 4.19. The van der Waals surface area contributed by atoms with Crippen LogP contribution in [-0.2, 0) is 14.8 Å². The van der Waals surface area contributed by atoms with E-state index >= 15 is 0 Å². The third-order valence-electron chi connectivity index (χ3n) is 4.13. The fraction of sp³-hybridized carbons (Fsp3) is 0.333. The number of carbonyl (C=O) groups excluding carboxylic acids is 1. The molecule has 0 spiro atoms. The predicted octanol–water partition coefficient (Wildman–Crippen LogP) is 2.58. The van der Waals surface area contributed by atoms with Gasteiger partial charge in [-0.3, -0.25) is 4.79 Å². The van der Waals surface area contributed by atoms with Crippen LogP contribution in [0.4, 0.5) is 0 Å². The molecule has 3 rings (SSSR count). The number of carbonyl (C=O) groups is 1. The summed E-state index contributed by atoms with van der Waals surface area (Å²) in [4.78, 5) is 12.1. The van der Waals surface area contributed by atoms with Gasteiger partial charge in [-0.25, -0.2) is 13.1 Å². The first-order valence-corrected chi connectivity index (χ1v) is 9.96. The number of rotatable bonds is 7. The van der Waals surface area contributed by atoms with Gasteiger partial charge in [0.05, 0.1) is 6.04 Å². The van der Waals surface area contributed by atoms with Crippen molar-refractivity contribution < 1.29 is 22.2 Å². The van der Waals surface area contributed by atoms with Crippen LogP contribution in [0.1, 0.15) is 36.6 Å². The summed E-state index contributed by atoms with van der Waals surface area (Å²) in [7, 11) is -3.78. The van der Waals surface area contributed by atoms with Crippen molar-refractivity contribution in [2.24, 2.45) is 0 Å². The van der Waals surface area contributed by atoms with Crippen LogP contribution >= 0.6 is 0 Å².